The summed E-state index contributed by atoms with van der Waals surface area (Å²) in [6.07, 6.45) is 5.50. The fraction of sp³-hybridized carbons (Fsp3) is 0. The van der Waals surface area contributed by atoms with Crippen LogP contribution in [0.4, 0.5) is 22.7 Å². The minimum atomic E-state index is -0.0122. The van der Waals surface area contributed by atoms with Crippen molar-refractivity contribution < 1.29 is 4.79 Å². The Labute approximate surface area is 222 Å². The van der Waals surface area contributed by atoms with Crippen LogP contribution in [0, 0.1) is 0 Å². The Morgan fingerprint density at radius 2 is 1.37 bits per heavy atom. The lowest BCUT2D eigenvalue weighted by Crippen LogP contribution is -2.21. The van der Waals surface area contributed by atoms with Crippen LogP contribution in [-0.4, -0.2) is 5.91 Å². The van der Waals surface area contributed by atoms with Gasteiger partial charge >= 0.3 is 0 Å². The van der Waals surface area contributed by atoms with E-state index in [2.05, 4.69) is 60.5 Å². The number of anilines is 4. The van der Waals surface area contributed by atoms with E-state index in [9.17, 15) is 4.79 Å². The van der Waals surface area contributed by atoms with E-state index in [-0.39, 0.29) is 5.91 Å². The summed E-state index contributed by atoms with van der Waals surface area (Å²) < 4.78 is 0. The molecule has 0 fully saturated rings. The molecule has 1 amide bonds. The van der Waals surface area contributed by atoms with Gasteiger partial charge in [-0.3, -0.25) is 9.69 Å². The molecule has 1 heterocycles. The highest BCUT2D eigenvalue weighted by Gasteiger charge is 2.31. The van der Waals surface area contributed by atoms with Crippen molar-refractivity contribution in [3.8, 4) is 11.1 Å². The number of benzene rings is 5. The summed E-state index contributed by atoms with van der Waals surface area (Å²) in [5.41, 5.74) is 7.60. The van der Waals surface area contributed by atoms with E-state index in [1.807, 2.05) is 89.8 Å². The van der Waals surface area contributed by atoms with Gasteiger partial charge in [-0.2, -0.15) is 0 Å². The van der Waals surface area contributed by atoms with Crippen LogP contribution in [-0.2, 0) is 0 Å². The molecule has 5 aromatic carbocycles. The van der Waals surface area contributed by atoms with Crippen molar-refractivity contribution in [2.75, 3.05) is 9.80 Å². The standard InChI is InChI=1S/C35H26N2O/c1-3-12-26(4-2)36(27-15-9-6-10-16-27)28-19-21-29(22-20-28)37-33-24-23-30(25-13-7-5-8-14-25)31-17-11-18-32(34(31)33)35(37)38/h3-24H,1-2H2/b26-12+. The van der Waals surface area contributed by atoms with Gasteiger partial charge in [0.2, 0.25) is 0 Å². The molecular formula is C35H26N2O. The molecule has 0 saturated heterocycles. The number of nitrogens with zero attached hydrogens (tertiary/aromatic N) is 2. The topological polar surface area (TPSA) is 23.6 Å². The van der Waals surface area contributed by atoms with E-state index in [1.54, 1.807) is 6.08 Å². The maximum Gasteiger partial charge on any atom is 0.263 e. The molecule has 3 heteroatoms. The first-order valence-corrected chi connectivity index (χ1v) is 12.6. The largest absolute Gasteiger partial charge is 0.311 e. The van der Waals surface area contributed by atoms with E-state index in [1.165, 1.54) is 0 Å². The fourth-order valence-corrected chi connectivity index (χ4v) is 5.24. The molecule has 3 nitrogen and oxygen atoms in total. The lowest BCUT2D eigenvalue weighted by molar-refractivity contribution is 0.100. The first-order chi connectivity index (χ1) is 18.7. The average Bonchev–Trinajstić information content (AvgIpc) is 3.27. The van der Waals surface area contributed by atoms with Gasteiger partial charge in [-0.15, -0.1) is 0 Å². The average molecular weight is 491 g/mol. The SMILES string of the molecule is C=C/C=C(\C=C)N(c1ccccc1)c1ccc(N2C(=O)c3cccc4c(-c5ccccc5)ccc2c34)cc1. The first kappa shape index (κ1) is 23.3. The first-order valence-electron chi connectivity index (χ1n) is 12.6. The van der Waals surface area contributed by atoms with Crippen LogP contribution in [0.15, 0.2) is 152 Å². The van der Waals surface area contributed by atoms with E-state index >= 15 is 0 Å². The number of amides is 1. The van der Waals surface area contributed by atoms with Gasteiger partial charge in [-0.25, -0.2) is 0 Å². The summed E-state index contributed by atoms with van der Waals surface area (Å²) in [6, 6.07) is 38.7. The maximum absolute atomic E-state index is 13.7. The molecule has 1 aliphatic rings. The Bertz CT molecular complexity index is 1700. The molecule has 182 valence electrons. The van der Waals surface area contributed by atoms with Gasteiger partial charge in [0.05, 0.1) is 11.3 Å². The summed E-state index contributed by atoms with van der Waals surface area (Å²) in [4.78, 5) is 17.6. The Balaban J connectivity index is 1.43. The summed E-state index contributed by atoms with van der Waals surface area (Å²) in [5.74, 6) is -0.0122. The second-order valence-corrected chi connectivity index (χ2v) is 9.09. The third kappa shape index (κ3) is 3.82. The summed E-state index contributed by atoms with van der Waals surface area (Å²) >= 11 is 0. The Hall–Kier alpha value is -5.15. The lowest BCUT2D eigenvalue weighted by Gasteiger charge is -2.27. The highest BCUT2D eigenvalue weighted by Crippen LogP contribution is 2.45. The Morgan fingerprint density at radius 1 is 0.684 bits per heavy atom. The minimum Gasteiger partial charge on any atom is -0.311 e. The zero-order valence-corrected chi connectivity index (χ0v) is 20.9. The van der Waals surface area contributed by atoms with Crippen molar-refractivity contribution in [2.45, 2.75) is 0 Å². The van der Waals surface area contributed by atoms with Crippen LogP contribution in [0.1, 0.15) is 10.4 Å². The van der Waals surface area contributed by atoms with E-state index in [0.717, 1.165) is 55.9 Å². The number of hydrogen-bond donors (Lipinski definition) is 0. The molecule has 0 saturated carbocycles. The number of carbonyl (C=O) groups is 1. The smallest absolute Gasteiger partial charge is 0.263 e. The van der Waals surface area contributed by atoms with E-state index in [4.69, 9.17) is 0 Å². The zero-order chi connectivity index (χ0) is 26.1. The van der Waals surface area contributed by atoms with Crippen molar-refractivity contribution in [2.24, 2.45) is 0 Å². The van der Waals surface area contributed by atoms with E-state index in [0.29, 0.717) is 0 Å². The fourth-order valence-electron chi connectivity index (χ4n) is 5.24. The molecule has 0 aliphatic carbocycles. The number of carbonyl (C=O) groups excluding carboxylic acids is 1. The molecule has 38 heavy (non-hydrogen) atoms. The summed E-state index contributed by atoms with van der Waals surface area (Å²) in [7, 11) is 0. The number of rotatable bonds is 7. The molecule has 1 aliphatic heterocycles. The van der Waals surface area contributed by atoms with Gasteiger partial charge in [-0.1, -0.05) is 86.0 Å². The highest BCUT2D eigenvalue weighted by molar-refractivity contribution is 6.29. The monoisotopic (exact) mass is 490 g/mol. The second kappa shape index (κ2) is 9.72. The number of allylic oxidation sites excluding steroid dienone is 3. The zero-order valence-electron chi connectivity index (χ0n) is 20.9. The van der Waals surface area contributed by atoms with Crippen LogP contribution in [0.2, 0.25) is 0 Å². The second-order valence-electron chi connectivity index (χ2n) is 9.09. The van der Waals surface area contributed by atoms with Crippen LogP contribution >= 0.6 is 0 Å². The molecule has 5 aromatic rings. The van der Waals surface area contributed by atoms with Crippen molar-refractivity contribution in [3.05, 3.63) is 158 Å². The third-order valence-corrected chi connectivity index (χ3v) is 6.91. The van der Waals surface area contributed by atoms with Crippen LogP contribution in [0.5, 0.6) is 0 Å². The van der Waals surface area contributed by atoms with Crippen LogP contribution in [0.3, 0.4) is 0 Å². The lowest BCUT2D eigenvalue weighted by atomic mass is 9.96. The molecule has 0 unspecified atom stereocenters. The summed E-state index contributed by atoms with van der Waals surface area (Å²) in [6.45, 7) is 7.87. The van der Waals surface area contributed by atoms with Crippen molar-refractivity contribution in [3.63, 3.8) is 0 Å². The summed E-state index contributed by atoms with van der Waals surface area (Å²) in [5, 5.41) is 2.08. The van der Waals surface area contributed by atoms with Crippen LogP contribution in [0.25, 0.3) is 21.9 Å². The normalized spacial score (nSPS) is 12.6. The third-order valence-electron chi connectivity index (χ3n) is 6.91. The molecular weight excluding hydrogens is 464 g/mol. The maximum atomic E-state index is 13.7. The quantitative estimate of drug-likeness (QED) is 0.212. The van der Waals surface area contributed by atoms with E-state index < -0.39 is 0 Å². The number of hydrogen-bond acceptors (Lipinski definition) is 2. The van der Waals surface area contributed by atoms with Gasteiger partial charge < -0.3 is 4.90 Å². The minimum absolute atomic E-state index is 0.0122. The molecule has 0 N–H and O–H groups in total. The molecule has 0 atom stereocenters. The molecule has 0 radical (unpaired) electrons. The predicted molar refractivity (Wildman–Crippen MR) is 159 cm³/mol. The Morgan fingerprint density at radius 3 is 2.05 bits per heavy atom. The molecule has 0 aromatic heterocycles. The van der Waals surface area contributed by atoms with Gasteiger partial charge in [0.1, 0.15) is 0 Å². The van der Waals surface area contributed by atoms with Gasteiger partial charge in [-0.05, 0) is 77.2 Å². The van der Waals surface area contributed by atoms with Gasteiger partial charge in [0.25, 0.3) is 5.91 Å². The van der Waals surface area contributed by atoms with Crippen molar-refractivity contribution in [1.82, 2.24) is 0 Å². The van der Waals surface area contributed by atoms with Crippen molar-refractivity contribution >= 4 is 39.4 Å². The van der Waals surface area contributed by atoms with Gasteiger partial charge in [0.15, 0.2) is 0 Å². The highest BCUT2D eigenvalue weighted by atomic mass is 16.2. The van der Waals surface area contributed by atoms with Crippen molar-refractivity contribution in [1.29, 1.82) is 0 Å². The number of para-hydroxylation sites is 1. The predicted octanol–water partition coefficient (Wildman–Crippen LogP) is 9.19. The Kier molecular flexibility index (Phi) is 5.95. The van der Waals surface area contributed by atoms with Crippen LogP contribution < -0.4 is 9.80 Å². The molecule has 0 spiro atoms. The van der Waals surface area contributed by atoms with Gasteiger partial charge in [0, 0.05) is 28.1 Å². The molecule has 0 bridgehead atoms. The molecule has 6 rings (SSSR count).